The number of aryl methyl sites for hydroxylation is 1. The van der Waals surface area contributed by atoms with E-state index in [2.05, 4.69) is 41.8 Å². The summed E-state index contributed by atoms with van der Waals surface area (Å²) in [5, 5.41) is 6.69. The van der Waals surface area contributed by atoms with E-state index in [1.807, 2.05) is 6.92 Å². The van der Waals surface area contributed by atoms with E-state index in [1.54, 1.807) is 24.3 Å². The Bertz CT molecular complexity index is 593. The fourth-order valence-electron chi connectivity index (χ4n) is 1.96. The number of hydrogen-bond donors (Lipinski definition) is 2. The number of carbonyl (C=O) groups excluding carboxylic acids is 1. The highest BCUT2D eigenvalue weighted by atomic mass is 35.5. The fraction of sp³-hybridized carbons (Fsp3) is 0.235. The second-order valence-electron chi connectivity index (χ2n) is 5.07. The van der Waals surface area contributed by atoms with Crippen LogP contribution in [-0.2, 0) is 4.79 Å². The number of carbonyl (C=O) groups is 1. The molecule has 0 fully saturated rings. The summed E-state index contributed by atoms with van der Waals surface area (Å²) in [6.45, 7) is 4.36. The summed E-state index contributed by atoms with van der Waals surface area (Å²) >= 11 is 5.80. The smallest absolute Gasteiger partial charge is 0.238 e. The second-order valence-corrected chi connectivity index (χ2v) is 5.50. The Morgan fingerprint density at radius 2 is 1.71 bits per heavy atom. The Kier molecular flexibility index (Phi) is 5.37. The van der Waals surface area contributed by atoms with Gasteiger partial charge in [-0.25, -0.2) is 0 Å². The van der Waals surface area contributed by atoms with Crippen LogP contribution < -0.4 is 10.6 Å². The van der Waals surface area contributed by atoms with Crippen molar-refractivity contribution in [2.24, 2.45) is 0 Å². The van der Waals surface area contributed by atoms with Crippen LogP contribution in [0.25, 0.3) is 0 Å². The third-order valence-electron chi connectivity index (χ3n) is 3.27. The van der Waals surface area contributed by atoms with Gasteiger partial charge in [-0.1, -0.05) is 41.4 Å². The van der Waals surface area contributed by atoms with Crippen molar-refractivity contribution in [1.29, 1.82) is 0 Å². The van der Waals surface area contributed by atoms with Gasteiger partial charge in [0.2, 0.25) is 5.91 Å². The highest BCUT2D eigenvalue weighted by Gasteiger charge is 2.07. The average molecular weight is 303 g/mol. The third-order valence-corrected chi connectivity index (χ3v) is 3.53. The SMILES string of the molecule is Cc1ccc(C(C)NCC(=O)Nc2ccc(Cl)cc2)cc1. The molecule has 0 radical (unpaired) electrons. The summed E-state index contributed by atoms with van der Waals surface area (Å²) in [7, 11) is 0. The molecule has 3 nitrogen and oxygen atoms in total. The molecule has 2 aromatic carbocycles. The molecule has 0 aromatic heterocycles. The monoisotopic (exact) mass is 302 g/mol. The van der Waals surface area contributed by atoms with Gasteiger partial charge in [0.25, 0.3) is 0 Å². The van der Waals surface area contributed by atoms with Crippen LogP contribution in [0.4, 0.5) is 5.69 Å². The lowest BCUT2D eigenvalue weighted by Gasteiger charge is -2.14. The van der Waals surface area contributed by atoms with E-state index in [0.29, 0.717) is 5.02 Å². The predicted molar refractivity (Wildman–Crippen MR) is 87.7 cm³/mol. The van der Waals surface area contributed by atoms with Gasteiger partial charge in [0, 0.05) is 16.8 Å². The molecule has 2 aromatic rings. The zero-order chi connectivity index (χ0) is 15.2. The van der Waals surface area contributed by atoms with Crippen LogP contribution in [0.15, 0.2) is 48.5 Å². The minimum absolute atomic E-state index is 0.0729. The molecule has 2 N–H and O–H groups in total. The first-order chi connectivity index (χ1) is 10.0. The summed E-state index contributed by atoms with van der Waals surface area (Å²) in [5.74, 6) is -0.0729. The molecular formula is C17H19ClN2O. The third kappa shape index (κ3) is 4.88. The van der Waals surface area contributed by atoms with E-state index in [4.69, 9.17) is 11.6 Å². The molecule has 0 saturated carbocycles. The van der Waals surface area contributed by atoms with Crippen LogP contribution in [0, 0.1) is 6.92 Å². The van der Waals surface area contributed by atoms with Crippen molar-refractivity contribution < 1.29 is 4.79 Å². The highest BCUT2D eigenvalue weighted by molar-refractivity contribution is 6.30. The molecule has 110 valence electrons. The normalized spacial score (nSPS) is 12.0. The number of benzene rings is 2. The van der Waals surface area contributed by atoms with Gasteiger partial charge in [-0.15, -0.1) is 0 Å². The molecule has 0 aliphatic carbocycles. The lowest BCUT2D eigenvalue weighted by Crippen LogP contribution is -2.30. The fourth-order valence-corrected chi connectivity index (χ4v) is 2.08. The lowest BCUT2D eigenvalue weighted by molar-refractivity contribution is -0.115. The maximum atomic E-state index is 11.9. The quantitative estimate of drug-likeness (QED) is 0.878. The highest BCUT2D eigenvalue weighted by Crippen LogP contribution is 2.14. The van der Waals surface area contributed by atoms with Crippen molar-refractivity contribution in [2.75, 3.05) is 11.9 Å². The van der Waals surface area contributed by atoms with Gasteiger partial charge in [-0.3, -0.25) is 4.79 Å². The molecule has 1 amide bonds. The van der Waals surface area contributed by atoms with Crippen LogP contribution >= 0.6 is 11.6 Å². The van der Waals surface area contributed by atoms with Crippen LogP contribution in [0.5, 0.6) is 0 Å². The van der Waals surface area contributed by atoms with Crippen LogP contribution in [0.2, 0.25) is 5.02 Å². The van der Waals surface area contributed by atoms with Gasteiger partial charge < -0.3 is 10.6 Å². The maximum Gasteiger partial charge on any atom is 0.238 e. The van der Waals surface area contributed by atoms with Gasteiger partial charge in [-0.2, -0.15) is 0 Å². The van der Waals surface area contributed by atoms with Crippen molar-refractivity contribution in [1.82, 2.24) is 5.32 Å². The van der Waals surface area contributed by atoms with Crippen molar-refractivity contribution in [2.45, 2.75) is 19.9 Å². The van der Waals surface area contributed by atoms with E-state index < -0.39 is 0 Å². The zero-order valence-corrected chi connectivity index (χ0v) is 12.9. The topological polar surface area (TPSA) is 41.1 Å². The molecular weight excluding hydrogens is 284 g/mol. The van der Waals surface area contributed by atoms with Crippen molar-refractivity contribution >= 4 is 23.2 Å². The Hall–Kier alpha value is -1.84. The summed E-state index contributed by atoms with van der Waals surface area (Å²) < 4.78 is 0. The Balaban J connectivity index is 1.83. The van der Waals surface area contributed by atoms with Gasteiger partial charge in [0.05, 0.1) is 6.54 Å². The Labute approximate surface area is 130 Å². The molecule has 0 saturated heterocycles. The molecule has 21 heavy (non-hydrogen) atoms. The first-order valence-electron chi connectivity index (χ1n) is 6.90. The van der Waals surface area contributed by atoms with Crippen molar-refractivity contribution in [3.63, 3.8) is 0 Å². The van der Waals surface area contributed by atoms with Gasteiger partial charge >= 0.3 is 0 Å². The number of halogens is 1. The van der Waals surface area contributed by atoms with Gasteiger partial charge in [0.15, 0.2) is 0 Å². The Morgan fingerprint density at radius 1 is 1.10 bits per heavy atom. The molecule has 1 atom stereocenters. The van der Waals surface area contributed by atoms with Crippen LogP contribution in [0.3, 0.4) is 0 Å². The summed E-state index contributed by atoms with van der Waals surface area (Å²) in [5.41, 5.74) is 3.14. The summed E-state index contributed by atoms with van der Waals surface area (Å²) in [6.07, 6.45) is 0. The molecule has 0 aliphatic rings. The molecule has 0 aliphatic heterocycles. The molecule has 2 rings (SSSR count). The summed E-state index contributed by atoms with van der Waals surface area (Å²) in [6, 6.07) is 15.5. The predicted octanol–water partition coefficient (Wildman–Crippen LogP) is 3.94. The van der Waals surface area contributed by atoms with E-state index in [9.17, 15) is 4.79 Å². The van der Waals surface area contributed by atoms with Crippen LogP contribution in [-0.4, -0.2) is 12.5 Å². The second kappa shape index (κ2) is 7.25. The molecule has 0 bridgehead atoms. The average Bonchev–Trinajstić information content (AvgIpc) is 2.48. The minimum atomic E-state index is -0.0729. The van der Waals surface area contributed by atoms with E-state index in [0.717, 1.165) is 5.69 Å². The molecule has 0 heterocycles. The van der Waals surface area contributed by atoms with Crippen molar-refractivity contribution in [3.8, 4) is 0 Å². The van der Waals surface area contributed by atoms with E-state index in [-0.39, 0.29) is 18.5 Å². The first kappa shape index (κ1) is 15.5. The minimum Gasteiger partial charge on any atom is -0.325 e. The molecule has 0 spiro atoms. The lowest BCUT2D eigenvalue weighted by atomic mass is 10.1. The molecule has 1 unspecified atom stereocenters. The number of nitrogens with one attached hydrogen (secondary N) is 2. The van der Waals surface area contributed by atoms with Crippen LogP contribution in [0.1, 0.15) is 24.1 Å². The first-order valence-corrected chi connectivity index (χ1v) is 7.28. The van der Waals surface area contributed by atoms with Gasteiger partial charge in [-0.05, 0) is 43.7 Å². The van der Waals surface area contributed by atoms with Gasteiger partial charge in [0.1, 0.15) is 0 Å². The Morgan fingerprint density at radius 3 is 2.33 bits per heavy atom. The standard InChI is InChI=1S/C17H19ClN2O/c1-12-3-5-14(6-4-12)13(2)19-11-17(21)20-16-9-7-15(18)8-10-16/h3-10,13,19H,11H2,1-2H3,(H,20,21). The number of rotatable bonds is 5. The zero-order valence-electron chi connectivity index (χ0n) is 12.2. The largest absolute Gasteiger partial charge is 0.325 e. The molecule has 4 heteroatoms. The number of amides is 1. The number of hydrogen-bond acceptors (Lipinski definition) is 2. The summed E-state index contributed by atoms with van der Waals surface area (Å²) in [4.78, 5) is 11.9. The van der Waals surface area contributed by atoms with E-state index in [1.165, 1.54) is 11.1 Å². The van der Waals surface area contributed by atoms with E-state index >= 15 is 0 Å². The maximum absolute atomic E-state index is 11.9. The number of anilines is 1. The van der Waals surface area contributed by atoms with Crippen molar-refractivity contribution in [3.05, 3.63) is 64.7 Å².